The third-order valence-corrected chi connectivity index (χ3v) is 5.50. The van der Waals surface area contributed by atoms with Crippen LogP contribution >= 0.6 is 0 Å². The van der Waals surface area contributed by atoms with Crippen LogP contribution in [0.15, 0.2) is 0 Å². The summed E-state index contributed by atoms with van der Waals surface area (Å²) in [7, 11) is 0. The van der Waals surface area contributed by atoms with E-state index in [0.717, 1.165) is 25.7 Å². The Kier molecular flexibility index (Phi) is 5.54. The standard InChI is InChI=1S/C17H33N3O/c1-3-8-18-10-16-6-7-17(21-16)13-20-12-15-5-4-9-19(15)11-14(20)2/h14-18H,3-13H2,1-2H3. The van der Waals surface area contributed by atoms with E-state index in [4.69, 9.17) is 4.74 Å². The Hall–Kier alpha value is -0.160. The van der Waals surface area contributed by atoms with Crippen molar-refractivity contribution in [1.29, 1.82) is 0 Å². The number of ether oxygens (including phenoxy) is 1. The van der Waals surface area contributed by atoms with Crippen molar-refractivity contribution in [3.05, 3.63) is 0 Å². The van der Waals surface area contributed by atoms with Crippen LogP contribution in [0.4, 0.5) is 0 Å². The lowest BCUT2D eigenvalue weighted by Crippen LogP contribution is -2.56. The Bertz CT molecular complexity index is 325. The number of hydrogen-bond donors (Lipinski definition) is 1. The number of fused-ring (bicyclic) bond motifs is 1. The van der Waals surface area contributed by atoms with Crippen molar-refractivity contribution in [3.63, 3.8) is 0 Å². The summed E-state index contributed by atoms with van der Waals surface area (Å²) in [5, 5.41) is 3.49. The Morgan fingerprint density at radius 3 is 2.86 bits per heavy atom. The number of rotatable bonds is 6. The van der Waals surface area contributed by atoms with Gasteiger partial charge in [0.25, 0.3) is 0 Å². The molecular formula is C17H33N3O. The van der Waals surface area contributed by atoms with Crippen LogP contribution in [0.5, 0.6) is 0 Å². The van der Waals surface area contributed by atoms with Crippen LogP contribution in [-0.4, -0.2) is 73.4 Å². The normalized spacial score (nSPS) is 38.0. The van der Waals surface area contributed by atoms with Crippen molar-refractivity contribution < 1.29 is 4.74 Å². The summed E-state index contributed by atoms with van der Waals surface area (Å²) in [4.78, 5) is 5.40. The lowest BCUT2D eigenvalue weighted by Gasteiger charge is -2.43. The first kappa shape index (κ1) is 15.7. The Morgan fingerprint density at radius 2 is 2.00 bits per heavy atom. The fourth-order valence-electron chi connectivity index (χ4n) is 4.27. The molecule has 0 radical (unpaired) electrons. The van der Waals surface area contributed by atoms with Crippen LogP contribution in [-0.2, 0) is 4.74 Å². The molecule has 0 amide bonds. The maximum absolute atomic E-state index is 6.25. The summed E-state index contributed by atoms with van der Waals surface area (Å²) < 4.78 is 6.25. The molecule has 3 aliphatic heterocycles. The summed E-state index contributed by atoms with van der Waals surface area (Å²) in [6, 6.07) is 1.52. The smallest absolute Gasteiger partial charge is 0.0707 e. The summed E-state index contributed by atoms with van der Waals surface area (Å²) in [5.41, 5.74) is 0. The molecule has 1 N–H and O–H groups in total. The highest BCUT2D eigenvalue weighted by molar-refractivity contribution is 4.92. The molecule has 4 heteroatoms. The first-order valence-electron chi connectivity index (χ1n) is 9.10. The molecule has 3 saturated heterocycles. The van der Waals surface area contributed by atoms with Crippen LogP contribution in [0, 0.1) is 0 Å². The van der Waals surface area contributed by atoms with Crippen LogP contribution < -0.4 is 5.32 Å². The van der Waals surface area contributed by atoms with Crippen molar-refractivity contribution in [1.82, 2.24) is 15.1 Å². The van der Waals surface area contributed by atoms with Crippen molar-refractivity contribution >= 4 is 0 Å². The second kappa shape index (κ2) is 7.40. The molecule has 4 atom stereocenters. The molecule has 3 aliphatic rings. The number of nitrogens with zero attached hydrogens (tertiary/aromatic N) is 2. The van der Waals surface area contributed by atoms with Gasteiger partial charge in [0.05, 0.1) is 12.2 Å². The molecule has 3 fully saturated rings. The van der Waals surface area contributed by atoms with Gasteiger partial charge in [0.15, 0.2) is 0 Å². The predicted molar refractivity (Wildman–Crippen MR) is 86.7 cm³/mol. The van der Waals surface area contributed by atoms with Crippen molar-refractivity contribution in [2.45, 2.75) is 70.2 Å². The zero-order valence-corrected chi connectivity index (χ0v) is 13.9. The minimum atomic E-state index is 0.449. The van der Waals surface area contributed by atoms with E-state index in [1.54, 1.807) is 0 Å². The summed E-state index contributed by atoms with van der Waals surface area (Å²) in [6.07, 6.45) is 7.40. The van der Waals surface area contributed by atoms with Crippen molar-refractivity contribution in [2.24, 2.45) is 0 Å². The Labute approximate surface area is 130 Å². The lowest BCUT2D eigenvalue weighted by molar-refractivity contribution is -0.0101. The molecule has 0 saturated carbocycles. The molecule has 0 spiro atoms. The molecule has 3 rings (SSSR count). The van der Waals surface area contributed by atoms with E-state index in [2.05, 4.69) is 29.0 Å². The molecule has 0 aromatic heterocycles. The van der Waals surface area contributed by atoms with Gasteiger partial charge in [0, 0.05) is 38.3 Å². The van der Waals surface area contributed by atoms with Crippen molar-refractivity contribution in [2.75, 3.05) is 39.3 Å². The van der Waals surface area contributed by atoms with Crippen LogP contribution in [0.25, 0.3) is 0 Å². The van der Waals surface area contributed by atoms with Gasteiger partial charge in [-0.15, -0.1) is 0 Å². The van der Waals surface area contributed by atoms with Gasteiger partial charge in [-0.2, -0.15) is 0 Å². The maximum atomic E-state index is 6.25. The van der Waals surface area contributed by atoms with E-state index >= 15 is 0 Å². The Balaban J connectivity index is 1.42. The highest BCUT2D eigenvalue weighted by Gasteiger charge is 2.36. The molecule has 21 heavy (non-hydrogen) atoms. The van der Waals surface area contributed by atoms with Gasteiger partial charge < -0.3 is 10.1 Å². The number of hydrogen-bond acceptors (Lipinski definition) is 4. The highest BCUT2D eigenvalue weighted by Crippen LogP contribution is 2.27. The lowest BCUT2D eigenvalue weighted by atomic mass is 10.1. The quantitative estimate of drug-likeness (QED) is 0.755. The molecule has 0 aliphatic carbocycles. The first-order valence-corrected chi connectivity index (χ1v) is 9.10. The zero-order valence-electron chi connectivity index (χ0n) is 13.9. The van der Waals surface area contributed by atoms with Crippen molar-refractivity contribution in [3.8, 4) is 0 Å². The third kappa shape index (κ3) is 3.98. The minimum absolute atomic E-state index is 0.449. The largest absolute Gasteiger partial charge is 0.372 e. The third-order valence-electron chi connectivity index (χ3n) is 5.50. The average Bonchev–Trinajstić information content (AvgIpc) is 3.09. The maximum Gasteiger partial charge on any atom is 0.0707 e. The molecule has 0 aromatic rings. The van der Waals surface area contributed by atoms with Crippen LogP contribution in [0.2, 0.25) is 0 Å². The summed E-state index contributed by atoms with van der Waals surface area (Å²) >= 11 is 0. The van der Waals surface area contributed by atoms with Crippen LogP contribution in [0.1, 0.15) is 46.0 Å². The average molecular weight is 295 g/mol. The highest BCUT2D eigenvalue weighted by atomic mass is 16.5. The van der Waals surface area contributed by atoms with Gasteiger partial charge in [-0.25, -0.2) is 0 Å². The molecule has 3 heterocycles. The zero-order chi connectivity index (χ0) is 14.7. The monoisotopic (exact) mass is 295 g/mol. The van der Waals surface area contributed by atoms with E-state index in [9.17, 15) is 0 Å². The van der Waals surface area contributed by atoms with E-state index in [1.165, 1.54) is 51.7 Å². The molecule has 122 valence electrons. The molecule has 4 unspecified atom stereocenters. The van der Waals surface area contributed by atoms with E-state index in [0.29, 0.717) is 18.2 Å². The van der Waals surface area contributed by atoms with E-state index in [-0.39, 0.29) is 0 Å². The molecule has 4 nitrogen and oxygen atoms in total. The first-order chi connectivity index (χ1) is 10.3. The second-order valence-electron chi connectivity index (χ2n) is 7.26. The number of nitrogens with one attached hydrogen (secondary N) is 1. The summed E-state index contributed by atoms with van der Waals surface area (Å²) in [5.74, 6) is 0. The minimum Gasteiger partial charge on any atom is -0.372 e. The molecular weight excluding hydrogens is 262 g/mol. The van der Waals surface area contributed by atoms with Crippen LogP contribution in [0.3, 0.4) is 0 Å². The van der Waals surface area contributed by atoms with Gasteiger partial charge in [0.1, 0.15) is 0 Å². The second-order valence-corrected chi connectivity index (χ2v) is 7.26. The van der Waals surface area contributed by atoms with Gasteiger partial charge >= 0.3 is 0 Å². The van der Waals surface area contributed by atoms with Gasteiger partial charge in [-0.3, -0.25) is 9.80 Å². The Morgan fingerprint density at radius 1 is 1.14 bits per heavy atom. The van der Waals surface area contributed by atoms with Gasteiger partial charge in [0.2, 0.25) is 0 Å². The topological polar surface area (TPSA) is 27.7 Å². The SMILES string of the molecule is CCCNCC1CCC(CN2CC3CCCN3CC2C)O1. The summed E-state index contributed by atoms with van der Waals surface area (Å²) in [6.45, 7) is 11.8. The van der Waals surface area contributed by atoms with Gasteiger partial charge in [-0.1, -0.05) is 6.92 Å². The predicted octanol–water partition coefficient (Wildman–Crippen LogP) is 1.70. The molecule has 0 aromatic carbocycles. The number of piperazine rings is 1. The van der Waals surface area contributed by atoms with E-state index in [1.807, 2.05) is 0 Å². The molecule has 0 bridgehead atoms. The fraction of sp³-hybridized carbons (Fsp3) is 1.00. The van der Waals surface area contributed by atoms with Gasteiger partial charge in [-0.05, 0) is 52.1 Å². The van der Waals surface area contributed by atoms with E-state index < -0.39 is 0 Å². The fourth-order valence-corrected chi connectivity index (χ4v) is 4.27.